The number of hydrogen-bond donors (Lipinski definition) is 0. The van der Waals surface area contributed by atoms with Crippen LogP contribution in [0.1, 0.15) is 19.8 Å². The average Bonchev–Trinajstić information content (AvgIpc) is 2.17. The maximum atomic E-state index is 11.0. The molecule has 0 aromatic carbocycles. The van der Waals surface area contributed by atoms with Gasteiger partial charge in [-0.3, -0.25) is 4.90 Å². The first kappa shape index (κ1) is 12.8. The molecule has 0 saturated heterocycles. The largest absolute Gasteiger partial charge is 0.428 e. The molecule has 3 nitrogen and oxygen atoms in total. The normalized spacial score (nSPS) is 8.54. The van der Waals surface area contributed by atoms with Gasteiger partial charge in [-0.25, -0.2) is 4.79 Å². The smallest absolute Gasteiger partial charge is 0.330 e. The van der Waals surface area contributed by atoms with Gasteiger partial charge in [0.05, 0.1) is 6.54 Å². The van der Waals surface area contributed by atoms with Gasteiger partial charge < -0.3 is 4.29 Å². The number of unbranched alkanes of at least 4 members (excludes halogenated alkanes) is 1. The molecule has 0 aliphatic carbocycles. The van der Waals surface area contributed by atoms with Gasteiger partial charge in [0.15, 0.2) is 0 Å². The minimum Gasteiger partial charge on any atom is -0.330 e. The fourth-order valence-electron chi connectivity index (χ4n) is 0.758. The Morgan fingerprint density at radius 2 is 2.38 bits per heavy atom. The highest BCUT2D eigenvalue weighted by Crippen LogP contribution is 1.99. The Bertz CT molecular complexity index is 212. The topological polar surface area (TPSA) is 29.5 Å². The predicted molar refractivity (Wildman–Crippen MR) is 60.6 cm³/mol. The van der Waals surface area contributed by atoms with Crippen LogP contribution < -0.4 is 0 Å². The van der Waals surface area contributed by atoms with Gasteiger partial charge in [-0.15, -0.1) is 0 Å². The van der Waals surface area contributed by atoms with Crippen LogP contribution in [0.15, 0.2) is 0 Å². The van der Waals surface area contributed by atoms with E-state index in [1.807, 2.05) is 29.5 Å². The molecule has 0 N–H and O–H groups in total. The van der Waals surface area contributed by atoms with Gasteiger partial charge in [-0.05, 0) is 10.3 Å². The van der Waals surface area contributed by atoms with Crippen molar-refractivity contribution < 1.29 is 9.08 Å². The third-order valence-corrected chi connectivity index (χ3v) is 1.96. The van der Waals surface area contributed by atoms with Crippen molar-refractivity contribution in [1.82, 2.24) is 4.90 Å². The van der Waals surface area contributed by atoms with Crippen molar-refractivity contribution in [2.45, 2.75) is 19.8 Å². The number of halogens is 2. The lowest BCUT2D eigenvalue weighted by Crippen LogP contribution is -2.31. The van der Waals surface area contributed by atoms with Crippen LogP contribution >= 0.6 is 34.5 Å². The highest BCUT2D eigenvalue weighted by Gasteiger charge is 2.12. The first-order chi connectivity index (χ1) is 6.26. The van der Waals surface area contributed by atoms with E-state index in [2.05, 4.69) is 14.1 Å². The van der Waals surface area contributed by atoms with Crippen LogP contribution in [0.5, 0.6) is 0 Å². The van der Waals surface area contributed by atoms with Crippen molar-refractivity contribution in [1.29, 1.82) is 0 Å². The van der Waals surface area contributed by atoms with Crippen LogP contribution in [0.25, 0.3) is 0 Å². The molecule has 0 radical (unpaired) electrons. The summed E-state index contributed by atoms with van der Waals surface area (Å²) < 4.78 is 6.78. The first-order valence-electron chi connectivity index (χ1n) is 3.92. The lowest BCUT2D eigenvalue weighted by molar-refractivity contribution is 0.162. The average molecular weight is 316 g/mol. The molecule has 0 fully saturated rings. The molecule has 0 bridgehead atoms. The fraction of sp³-hybridized carbons (Fsp3) is 0.625. The predicted octanol–water partition coefficient (Wildman–Crippen LogP) is 2.77. The summed E-state index contributed by atoms with van der Waals surface area (Å²) in [6, 6.07) is 0. The monoisotopic (exact) mass is 315 g/mol. The van der Waals surface area contributed by atoms with E-state index < -0.39 is 6.09 Å². The van der Waals surface area contributed by atoms with Crippen molar-refractivity contribution in [2.75, 3.05) is 13.1 Å². The van der Waals surface area contributed by atoms with E-state index in [9.17, 15) is 4.79 Å². The van der Waals surface area contributed by atoms with E-state index in [0.29, 0.717) is 13.1 Å². The molecule has 0 saturated carbocycles. The lowest BCUT2D eigenvalue weighted by atomic mass is 10.3. The van der Waals surface area contributed by atoms with Gasteiger partial charge in [0.2, 0.25) is 0 Å². The number of rotatable bonds is 4. The number of hydrogen-bond acceptors (Lipinski definition) is 2. The molecule has 1 amide bonds. The Morgan fingerprint density at radius 3 is 2.85 bits per heavy atom. The van der Waals surface area contributed by atoms with Crippen LogP contribution in [-0.2, 0) is 4.29 Å². The molecule has 0 aromatic rings. The molecule has 13 heavy (non-hydrogen) atoms. The van der Waals surface area contributed by atoms with Crippen LogP contribution in [0.3, 0.4) is 0 Å². The van der Waals surface area contributed by atoms with Crippen LogP contribution in [0.4, 0.5) is 4.79 Å². The summed E-state index contributed by atoms with van der Waals surface area (Å²) in [6.07, 6.45) is 1.41. The van der Waals surface area contributed by atoms with E-state index in [0.717, 1.165) is 12.8 Å². The minimum absolute atomic E-state index is 0.370. The molecule has 0 spiro atoms. The fourth-order valence-corrected chi connectivity index (χ4v) is 1.03. The lowest BCUT2D eigenvalue weighted by Gasteiger charge is -2.16. The maximum absolute atomic E-state index is 11.0. The Kier molecular flexibility index (Phi) is 8.35. The maximum Gasteiger partial charge on any atom is 0.428 e. The standard InChI is InChI=1S/C8H11ClINO2/c1-2-3-6-11(7-4-5-10)8(12)13-9/h2-3,6-7H2,1H3. The molecule has 0 aliphatic heterocycles. The molecule has 0 rings (SSSR count). The molecule has 0 aromatic heterocycles. The molecular weight excluding hydrogens is 304 g/mol. The van der Waals surface area contributed by atoms with Crippen molar-refractivity contribution in [3.8, 4) is 9.85 Å². The van der Waals surface area contributed by atoms with Gasteiger partial charge in [0, 0.05) is 29.1 Å². The molecule has 0 aliphatic rings. The van der Waals surface area contributed by atoms with Gasteiger partial charge in [0.25, 0.3) is 0 Å². The van der Waals surface area contributed by atoms with Crippen molar-refractivity contribution in [3.63, 3.8) is 0 Å². The third kappa shape index (κ3) is 5.99. The SMILES string of the molecule is CCCCN(CC#CI)C(=O)OCl. The highest BCUT2D eigenvalue weighted by atomic mass is 127. The van der Waals surface area contributed by atoms with E-state index in [-0.39, 0.29) is 0 Å². The minimum atomic E-state index is -0.533. The van der Waals surface area contributed by atoms with E-state index in [1.165, 1.54) is 4.90 Å². The van der Waals surface area contributed by atoms with Crippen LogP contribution in [0, 0.1) is 9.85 Å². The zero-order valence-electron chi connectivity index (χ0n) is 7.35. The zero-order chi connectivity index (χ0) is 10.1. The quantitative estimate of drug-likeness (QED) is 0.590. The van der Waals surface area contributed by atoms with Gasteiger partial charge in [-0.2, -0.15) is 0 Å². The van der Waals surface area contributed by atoms with Crippen molar-refractivity contribution in [3.05, 3.63) is 0 Å². The van der Waals surface area contributed by atoms with E-state index in [1.54, 1.807) is 0 Å². The summed E-state index contributed by atoms with van der Waals surface area (Å²) in [5.74, 6) is 2.78. The molecular formula is C8H11ClINO2. The van der Waals surface area contributed by atoms with Crippen LogP contribution in [-0.4, -0.2) is 24.1 Å². The Morgan fingerprint density at radius 1 is 1.69 bits per heavy atom. The van der Waals surface area contributed by atoms with Crippen LogP contribution in [0.2, 0.25) is 0 Å². The summed E-state index contributed by atoms with van der Waals surface area (Å²) in [7, 11) is 0. The van der Waals surface area contributed by atoms with Gasteiger partial charge in [-0.1, -0.05) is 19.3 Å². The Balaban J connectivity index is 3.99. The summed E-state index contributed by atoms with van der Waals surface area (Å²) in [5.41, 5.74) is 0. The summed E-state index contributed by atoms with van der Waals surface area (Å²) in [5, 5.41) is 0. The zero-order valence-corrected chi connectivity index (χ0v) is 10.3. The number of carbonyl (C=O) groups is 1. The molecule has 0 heterocycles. The second-order valence-corrected chi connectivity index (χ2v) is 3.08. The van der Waals surface area contributed by atoms with Gasteiger partial charge >= 0.3 is 6.09 Å². The molecule has 0 atom stereocenters. The molecule has 5 heteroatoms. The second-order valence-electron chi connectivity index (χ2n) is 2.39. The molecule has 74 valence electrons. The summed E-state index contributed by atoms with van der Waals surface area (Å²) in [6.45, 7) is 3.05. The van der Waals surface area contributed by atoms with E-state index >= 15 is 0 Å². The summed E-state index contributed by atoms with van der Waals surface area (Å²) in [4.78, 5) is 12.5. The van der Waals surface area contributed by atoms with E-state index in [4.69, 9.17) is 11.9 Å². The Labute approximate surface area is 97.1 Å². The molecule has 0 unspecified atom stereocenters. The number of nitrogens with zero attached hydrogens (tertiary/aromatic N) is 1. The summed E-state index contributed by atoms with van der Waals surface area (Å²) >= 11 is 6.88. The third-order valence-electron chi connectivity index (χ3n) is 1.44. The highest BCUT2D eigenvalue weighted by molar-refractivity contribution is 14.1. The van der Waals surface area contributed by atoms with Crippen molar-refractivity contribution in [2.24, 2.45) is 0 Å². The van der Waals surface area contributed by atoms with Crippen molar-refractivity contribution >= 4 is 40.6 Å². The van der Waals surface area contributed by atoms with Gasteiger partial charge in [0.1, 0.15) is 11.9 Å². The second kappa shape index (κ2) is 8.45. The number of amides is 1. The Hall–Kier alpha value is -0.150. The first-order valence-corrected chi connectivity index (χ1v) is 5.31. The number of carbonyl (C=O) groups excluding carboxylic acids is 1.